The molecule has 2 aromatic rings. The van der Waals surface area contributed by atoms with Gasteiger partial charge in [-0.15, -0.1) is 0 Å². The molecule has 2 rings (SSSR count). The lowest BCUT2D eigenvalue weighted by molar-refractivity contribution is 0.521. The summed E-state index contributed by atoms with van der Waals surface area (Å²) in [7, 11) is 0. The Morgan fingerprint density at radius 3 is 2.67 bits per heavy atom. The number of pyridine rings is 1. The Labute approximate surface area is 108 Å². The molecule has 1 heterocycles. The van der Waals surface area contributed by atoms with Crippen molar-refractivity contribution in [2.45, 2.75) is 26.3 Å². The molecule has 0 saturated heterocycles. The van der Waals surface area contributed by atoms with Crippen LogP contribution in [0.25, 0.3) is 10.9 Å². The van der Waals surface area contributed by atoms with Gasteiger partial charge in [-0.2, -0.15) is 0 Å². The van der Waals surface area contributed by atoms with Gasteiger partial charge in [0.1, 0.15) is 5.82 Å². The second kappa shape index (κ2) is 5.83. The summed E-state index contributed by atoms with van der Waals surface area (Å²) < 4.78 is 0. The van der Waals surface area contributed by atoms with E-state index in [1.165, 1.54) is 0 Å². The molecule has 3 heteroatoms. The summed E-state index contributed by atoms with van der Waals surface area (Å²) >= 11 is 0. The highest BCUT2D eigenvalue weighted by atomic mass is 15.0. The van der Waals surface area contributed by atoms with E-state index in [1.54, 1.807) is 0 Å². The number of nitrogens with zero attached hydrogens (tertiary/aromatic N) is 1. The number of nitrogens with one attached hydrogen (secondary N) is 1. The molecule has 0 amide bonds. The minimum Gasteiger partial charge on any atom is -0.366 e. The van der Waals surface area contributed by atoms with Crippen molar-refractivity contribution in [3.8, 4) is 0 Å². The molecular formula is C15H21N3. The van der Waals surface area contributed by atoms with Crippen LogP contribution in [0, 0.1) is 5.92 Å². The molecule has 0 aliphatic carbocycles. The maximum atomic E-state index is 5.79. The van der Waals surface area contributed by atoms with Crippen LogP contribution < -0.4 is 11.1 Å². The number of para-hydroxylation sites is 1. The Kier molecular flexibility index (Phi) is 4.15. The van der Waals surface area contributed by atoms with Gasteiger partial charge in [0.15, 0.2) is 0 Å². The number of benzene rings is 1. The van der Waals surface area contributed by atoms with Crippen molar-refractivity contribution in [3.05, 3.63) is 36.4 Å². The predicted molar refractivity (Wildman–Crippen MR) is 77.7 cm³/mol. The van der Waals surface area contributed by atoms with Gasteiger partial charge in [-0.05, 0) is 30.5 Å². The zero-order valence-electron chi connectivity index (χ0n) is 11.1. The summed E-state index contributed by atoms with van der Waals surface area (Å²) in [6.45, 7) is 5.04. The summed E-state index contributed by atoms with van der Waals surface area (Å²) in [6, 6.07) is 12.5. The Bertz CT molecular complexity index is 508. The number of nitrogens with two attached hydrogens (primary N) is 1. The lowest BCUT2D eigenvalue weighted by Gasteiger charge is -2.19. The zero-order chi connectivity index (χ0) is 13.0. The molecule has 1 aromatic carbocycles. The fourth-order valence-corrected chi connectivity index (χ4v) is 2.14. The second-order valence-electron chi connectivity index (χ2n) is 5.10. The van der Waals surface area contributed by atoms with Gasteiger partial charge in [0.05, 0.1) is 5.52 Å². The third kappa shape index (κ3) is 3.20. The van der Waals surface area contributed by atoms with Crippen LogP contribution in [0.15, 0.2) is 36.4 Å². The third-order valence-electron chi connectivity index (χ3n) is 2.99. The van der Waals surface area contributed by atoms with Crippen LogP contribution in [0.3, 0.4) is 0 Å². The van der Waals surface area contributed by atoms with Crippen LogP contribution in [0.4, 0.5) is 5.82 Å². The Hall–Kier alpha value is -1.61. The third-order valence-corrected chi connectivity index (χ3v) is 2.99. The Morgan fingerprint density at radius 1 is 1.17 bits per heavy atom. The molecule has 0 spiro atoms. The number of rotatable bonds is 5. The number of hydrogen-bond donors (Lipinski definition) is 2. The molecule has 0 radical (unpaired) electrons. The van der Waals surface area contributed by atoms with E-state index in [0.717, 1.165) is 23.1 Å². The van der Waals surface area contributed by atoms with Gasteiger partial charge in [0, 0.05) is 18.0 Å². The second-order valence-corrected chi connectivity index (χ2v) is 5.10. The van der Waals surface area contributed by atoms with Crippen molar-refractivity contribution in [1.29, 1.82) is 0 Å². The van der Waals surface area contributed by atoms with E-state index in [4.69, 9.17) is 5.73 Å². The molecule has 18 heavy (non-hydrogen) atoms. The van der Waals surface area contributed by atoms with Gasteiger partial charge in [-0.1, -0.05) is 32.0 Å². The van der Waals surface area contributed by atoms with Crippen LogP contribution in [-0.4, -0.2) is 17.6 Å². The lowest BCUT2D eigenvalue weighted by Crippen LogP contribution is -2.30. The van der Waals surface area contributed by atoms with Crippen LogP contribution in [0.5, 0.6) is 0 Å². The smallest absolute Gasteiger partial charge is 0.126 e. The Morgan fingerprint density at radius 2 is 1.94 bits per heavy atom. The first-order chi connectivity index (χ1) is 8.69. The molecule has 1 atom stereocenters. The molecule has 1 aromatic heterocycles. The van der Waals surface area contributed by atoms with Crippen molar-refractivity contribution in [2.24, 2.45) is 11.7 Å². The van der Waals surface area contributed by atoms with Crippen LogP contribution in [0.1, 0.15) is 20.3 Å². The number of hydrogen-bond acceptors (Lipinski definition) is 3. The Balaban J connectivity index is 2.15. The maximum Gasteiger partial charge on any atom is 0.126 e. The summed E-state index contributed by atoms with van der Waals surface area (Å²) in [5.74, 6) is 1.54. The van der Waals surface area contributed by atoms with E-state index in [-0.39, 0.29) is 0 Å². The fourth-order valence-electron chi connectivity index (χ4n) is 2.14. The lowest BCUT2D eigenvalue weighted by atomic mass is 10.0. The average molecular weight is 243 g/mol. The van der Waals surface area contributed by atoms with Crippen LogP contribution in [-0.2, 0) is 0 Å². The van der Waals surface area contributed by atoms with Gasteiger partial charge < -0.3 is 11.1 Å². The molecule has 0 bridgehead atoms. The standard InChI is InChI=1S/C15H21N3/c1-11(2)9-13(10-16)17-15-8-7-12-5-3-4-6-14(12)18-15/h3-8,11,13H,9-10,16H2,1-2H3,(H,17,18). The minimum atomic E-state index is 0.290. The largest absolute Gasteiger partial charge is 0.366 e. The highest BCUT2D eigenvalue weighted by Gasteiger charge is 2.09. The SMILES string of the molecule is CC(C)CC(CN)Nc1ccc2ccccc2n1. The van der Waals surface area contributed by atoms with E-state index in [0.29, 0.717) is 18.5 Å². The van der Waals surface area contributed by atoms with Gasteiger partial charge in [0.2, 0.25) is 0 Å². The summed E-state index contributed by atoms with van der Waals surface area (Å²) in [4.78, 5) is 4.60. The van der Waals surface area contributed by atoms with E-state index >= 15 is 0 Å². The molecule has 0 fully saturated rings. The predicted octanol–water partition coefficient (Wildman–Crippen LogP) is 3.02. The first kappa shape index (κ1) is 12.8. The van der Waals surface area contributed by atoms with E-state index < -0.39 is 0 Å². The first-order valence-corrected chi connectivity index (χ1v) is 6.51. The van der Waals surface area contributed by atoms with E-state index in [1.807, 2.05) is 24.3 Å². The summed E-state index contributed by atoms with van der Waals surface area (Å²) in [5.41, 5.74) is 6.81. The van der Waals surface area contributed by atoms with E-state index in [9.17, 15) is 0 Å². The molecule has 3 N–H and O–H groups in total. The monoisotopic (exact) mass is 243 g/mol. The van der Waals surface area contributed by atoms with Crippen molar-refractivity contribution in [1.82, 2.24) is 4.98 Å². The molecule has 3 nitrogen and oxygen atoms in total. The molecule has 0 aliphatic heterocycles. The highest BCUT2D eigenvalue weighted by Crippen LogP contribution is 2.16. The highest BCUT2D eigenvalue weighted by molar-refractivity contribution is 5.80. The maximum absolute atomic E-state index is 5.79. The van der Waals surface area contributed by atoms with Gasteiger partial charge in [0.25, 0.3) is 0 Å². The molecule has 0 aliphatic rings. The van der Waals surface area contributed by atoms with Crippen molar-refractivity contribution in [2.75, 3.05) is 11.9 Å². The number of aromatic nitrogens is 1. The molecule has 0 saturated carbocycles. The quantitative estimate of drug-likeness (QED) is 0.848. The van der Waals surface area contributed by atoms with Gasteiger partial charge in [-0.3, -0.25) is 0 Å². The van der Waals surface area contributed by atoms with Crippen LogP contribution >= 0.6 is 0 Å². The van der Waals surface area contributed by atoms with E-state index in [2.05, 4.69) is 36.3 Å². The zero-order valence-corrected chi connectivity index (χ0v) is 11.1. The summed E-state index contributed by atoms with van der Waals surface area (Å²) in [6.07, 6.45) is 1.06. The van der Waals surface area contributed by atoms with Gasteiger partial charge in [-0.25, -0.2) is 4.98 Å². The molecule has 96 valence electrons. The van der Waals surface area contributed by atoms with Crippen molar-refractivity contribution < 1.29 is 0 Å². The summed E-state index contributed by atoms with van der Waals surface area (Å²) in [5, 5.41) is 4.58. The number of anilines is 1. The topological polar surface area (TPSA) is 50.9 Å². The number of fused-ring (bicyclic) bond motifs is 1. The van der Waals surface area contributed by atoms with Crippen molar-refractivity contribution in [3.63, 3.8) is 0 Å². The first-order valence-electron chi connectivity index (χ1n) is 6.51. The minimum absolute atomic E-state index is 0.290. The van der Waals surface area contributed by atoms with Gasteiger partial charge >= 0.3 is 0 Å². The fraction of sp³-hybridized carbons (Fsp3) is 0.400. The normalized spacial score (nSPS) is 12.9. The average Bonchev–Trinajstić information content (AvgIpc) is 2.37. The molecular weight excluding hydrogens is 222 g/mol. The van der Waals surface area contributed by atoms with Crippen LogP contribution in [0.2, 0.25) is 0 Å². The van der Waals surface area contributed by atoms with Crippen molar-refractivity contribution >= 4 is 16.7 Å². The molecule has 1 unspecified atom stereocenters.